The molecule has 2 aliphatic carbocycles. The quantitative estimate of drug-likeness (QED) is 0.165. The molecule has 0 radical (unpaired) electrons. The number of carbonyl (C=O) groups is 4. The first-order valence-corrected chi connectivity index (χ1v) is 17.8. The predicted molar refractivity (Wildman–Crippen MR) is 186 cm³/mol. The lowest BCUT2D eigenvalue weighted by Crippen LogP contribution is -2.46. The molecule has 3 fully saturated rings. The molecule has 0 spiro atoms. The zero-order valence-corrected chi connectivity index (χ0v) is 30.7. The highest BCUT2D eigenvalue weighted by atomic mass is 35.5. The monoisotopic (exact) mass is 826 g/mol. The molecule has 2 saturated heterocycles. The van der Waals surface area contributed by atoms with E-state index in [0.29, 0.717) is 39.0 Å². The first-order valence-electron chi connectivity index (χ1n) is 17.1. The summed E-state index contributed by atoms with van der Waals surface area (Å²) in [6.45, 7) is -0.266. The van der Waals surface area contributed by atoms with Crippen LogP contribution < -0.4 is 14.8 Å². The third-order valence-corrected chi connectivity index (χ3v) is 11.2. The van der Waals surface area contributed by atoms with Crippen molar-refractivity contribution in [2.45, 2.75) is 31.1 Å². The lowest BCUT2D eigenvalue weighted by molar-refractivity contribution is -0.143. The fourth-order valence-electron chi connectivity index (χ4n) is 8.28. The molecule has 3 aromatic rings. The summed E-state index contributed by atoms with van der Waals surface area (Å²) in [5.41, 5.74) is -1.56. The van der Waals surface area contributed by atoms with Gasteiger partial charge in [-0.05, 0) is 60.7 Å². The van der Waals surface area contributed by atoms with Crippen molar-refractivity contribution in [3.8, 4) is 5.75 Å². The van der Waals surface area contributed by atoms with Gasteiger partial charge < -0.3 is 9.84 Å². The highest BCUT2D eigenvalue weighted by Gasteiger charge is 2.63. The number of nitrogens with zero attached hydrogens (tertiary/aromatic N) is 6. The van der Waals surface area contributed by atoms with Crippen LogP contribution in [0.15, 0.2) is 60.2 Å². The Balaban J connectivity index is 1.28. The minimum absolute atomic E-state index is 0.00371. The molecule has 1 saturated carbocycles. The van der Waals surface area contributed by atoms with E-state index < -0.39 is 94.5 Å². The van der Waals surface area contributed by atoms with Gasteiger partial charge in [-0.15, -0.1) is 0 Å². The van der Waals surface area contributed by atoms with Gasteiger partial charge >= 0.3 is 12.4 Å². The van der Waals surface area contributed by atoms with E-state index in [2.05, 4.69) is 9.97 Å². The molecule has 1 aromatic carbocycles. The van der Waals surface area contributed by atoms with E-state index in [9.17, 15) is 50.6 Å². The number of hydrogen-bond donors (Lipinski definition) is 1. The standard InChI is InChI=1S/C36H30Cl2F6N6O6/c1-47(29-22(37)9-11-24(45-29)35(39,40)41)49-31(52)19-8-7-18-20(27(19)33(49)54)15-21-28(26(18)16-3-5-17(6-4-16)56-14-13-51)34(55)50(32(21)53)48(2)30-23(38)10-12-25(46-30)36(42,43)44/h3-7,9-12,19-21,26-28,51H,8,13-15H2,1-2H3/t19-,20+,21+,26-,27-,28+/m0/s1. The van der Waals surface area contributed by atoms with Crippen molar-refractivity contribution in [1.82, 2.24) is 20.0 Å². The fourth-order valence-corrected chi connectivity index (χ4v) is 8.73. The highest BCUT2D eigenvalue weighted by molar-refractivity contribution is 6.33. The number of hydrazine groups is 2. The van der Waals surface area contributed by atoms with Gasteiger partial charge in [0, 0.05) is 20.0 Å². The molecule has 0 unspecified atom stereocenters. The number of halogens is 8. The average molecular weight is 828 g/mol. The Kier molecular flexibility index (Phi) is 9.98. The second-order valence-electron chi connectivity index (χ2n) is 13.7. The number of hydrogen-bond acceptors (Lipinski definition) is 10. The van der Waals surface area contributed by atoms with Gasteiger partial charge in [0.15, 0.2) is 11.6 Å². The van der Waals surface area contributed by atoms with Crippen LogP contribution in [0.2, 0.25) is 10.0 Å². The minimum atomic E-state index is -4.88. The molecular weight excluding hydrogens is 797 g/mol. The Hall–Kier alpha value is -4.94. The number of aromatic nitrogens is 2. The van der Waals surface area contributed by atoms with Crippen LogP contribution in [0, 0.1) is 29.6 Å². The zero-order valence-electron chi connectivity index (χ0n) is 29.2. The summed E-state index contributed by atoms with van der Waals surface area (Å²) in [6, 6.07) is 9.65. The van der Waals surface area contributed by atoms with Crippen molar-refractivity contribution in [3.63, 3.8) is 0 Å². The molecule has 4 amide bonds. The van der Waals surface area contributed by atoms with Crippen molar-refractivity contribution in [3.05, 3.63) is 87.2 Å². The van der Waals surface area contributed by atoms with E-state index in [-0.39, 0.29) is 36.1 Å². The third kappa shape index (κ3) is 6.50. The van der Waals surface area contributed by atoms with Gasteiger partial charge in [0.25, 0.3) is 23.6 Å². The number of carbonyl (C=O) groups excluding carboxylic acids is 4. The number of imide groups is 2. The molecule has 56 heavy (non-hydrogen) atoms. The number of amides is 4. The summed E-state index contributed by atoms with van der Waals surface area (Å²) in [5.74, 6) is -9.89. The average Bonchev–Trinajstić information content (AvgIpc) is 3.55. The molecular formula is C36H30Cl2F6N6O6. The van der Waals surface area contributed by atoms with Gasteiger partial charge in [0.2, 0.25) is 0 Å². The van der Waals surface area contributed by atoms with E-state index >= 15 is 0 Å². The van der Waals surface area contributed by atoms with E-state index in [1.54, 1.807) is 30.3 Å². The van der Waals surface area contributed by atoms with Crippen molar-refractivity contribution in [1.29, 1.82) is 0 Å². The van der Waals surface area contributed by atoms with Gasteiger partial charge in [0.05, 0.1) is 40.3 Å². The van der Waals surface area contributed by atoms with Crippen molar-refractivity contribution in [2.24, 2.45) is 29.6 Å². The zero-order chi connectivity index (χ0) is 40.6. The second kappa shape index (κ2) is 14.2. The normalized spacial score (nSPS) is 24.9. The van der Waals surface area contributed by atoms with Crippen LogP contribution in [-0.4, -0.2) is 76.0 Å². The van der Waals surface area contributed by atoms with E-state index in [1.165, 1.54) is 14.1 Å². The number of allylic oxidation sites excluding steroid dienone is 2. The van der Waals surface area contributed by atoms with Crippen LogP contribution in [-0.2, 0) is 31.5 Å². The number of benzene rings is 1. The fraction of sp³-hybridized carbons (Fsp3) is 0.389. The van der Waals surface area contributed by atoms with Crippen LogP contribution in [0.1, 0.15) is 35.7 Å². The Morgan fingerprint density at radius 2 is 1.23 bits per heavy atom. The molecule has 12 nitrogen and oxygen atoms in total. The number of aliphatic hydroxyl groups excluding tert-OH is 1. The van der Waals surface area contributed by atoms with Crippen LogP contribution in [0.5, 0.6) is 5.75 Å². The summed E-state index contributed by atoms with van der Waals surface area (Å²) in [4.78, 5) is 64.3. The van der Waals surface area contributed by atoms with Gasteiger partial charge in [-0.1, -0.05) is 47.0 Å². The number of anilines is 2. The molecule has 296 valence electrons. The van der Waals surface area contributed by atoms with E-state index in [1.807, 2.05) is 0 Å². The first kappa shape index (κ1) is 39.3. The lowest BCUT2D eigenvalue weighted by Gasteiger charge is -2.43. The second-order valence-corrected chi connectivity index (χ2v) is 14.5. The van der Waals surface area contributed by atoms with E-state index in [0.717, 1.165) is 22.2 Å². The first-order chi connectivity index (χ1) is 26.3. The van der Waals surface area contributed by atoms with Crippen molar-refractivity contribution in [2.75, 3.05) is 37.3 Å². The summed E-state index contributed by atoms with van der Waals surface area (Å²) in [5, 5.41) is 11.8. The SMILES string of the molecule is CN(c1nc(C(F)(F)F)ccc1Cl)N1C(=O)[C@H]2[C@H](CC=C3[C@H]2C[C@H]2C(=O)N(N(C)c4nc(C(F)(F)F)ccc4Cl)C(=O)[C@H]2[C@H]3c2ccc(OCCO)cc2)C1=O. The highest BCUT2D eigenvalue weighted by Crippen LogP contribution is 2.58. The third-order valence-electron chi connectivity index (χ3n) is 10.7. The Morgan fingerprint density at radius 3 is 1.73 bits per heavy atom. The van der Waals surface area contributed by atoms with Gasteiger partial charge in [-0.2, -0.15) is 36.4 Å². The molecule has 20 heteroatoms. The summed E-state index contributed by atoms with van der Waals surface area (Å²) in [7, 11) is 2.35. The maximum Gasteiger partial charge on any atom is 0.433 e. The smallest absolute Gasteiger partial charge is 0.433 e. The lowest BCUT2D eigenvalue weighted by atomic mass is 9.57. The van der Waals surface area contributed by atoms with Crippen LogP contribution in [0.3, 0.4) is 0 Å². The number of alkyl halides is 6. The molecule has 6 atom stereocenters. The van der Waals surface area contributed by atoms with E-state index in [4.69, 9.17) is 27.9 Å². The molecule has 2 aromatic heterocycles. The number of pyridine rings is 2. The van der Waals surface area contributed by atoms with Gasteiger partial charge in [-0.25, -0.2) is 9.97 Å². The Morgan fingerprint density at radius 1 is 0.732 bits per heavy atom. The van der Waals surface area contributed by atoms with Crippen LogP contribution in [0.4, 0.5) is 38.0 Å². The number of fused-ring (bicyclic) bond motifs is 4. The molecule has 2 aliphatic heterocycles. The van der Waals surface area contributed by atoms with Crippen molar-refractivity contribution >= 4 is 58.5 Å². The van der Waals surface area contributed by atoms with Gasteiger partial charge in [-0.3, -0.25) is 29.2 Å². The summed E-state index contributed by atoms with van der Waals surface area (Å²) < 4.78 is 87.2. The molecule has 0 bridgehead atoms. The minimum Gasteiger partial charge on any atom is -0.491 e. The summed E-state index contributed by atoms with van der Waals surface area (Å²) in [6.07, 6.45) is -8.15. The molecule has 7 rings (SSSR count). The molecule has 4 heterocycles. The largest absolute Gasteiger partial charge is 0.491 e. The summed E-state index contributed by atoms with van der Waals surface area (Å²) >= 11 is 12.5. The number of aliphatic hydroxyl groups is 1. The maximum atomic E-state index is 14.5. The van der Waals surface area contributed by atoms with Crippen LogP contribution in [0.25, 0.3) is 0 Å². The number of rotatable bonds is 8. The molecule has 1 N–H and O–H groups in total. The Labute approximate surface area is 324 Å². The predicted octanol–water partition coefficient (Wildman–Crippen LogP) is 5.93. The Bertz CT molecular complexity index is 2150. The van der Waals surface area contributed by atoms with Gasteiger partial charge in [0.1, 0.15) is 23.7 Å². The molecule has 4 aliphatic rings. The number of ether oxygens (including phenoxy) is 1. The van der Waals surface area contributed by atoms with Crippen molar-refractivity contribution < 1.29 is 55.4 Å². The maximum absolute atomic E-state index is 14.5. The topological polar surface area (TPSA) is 136 Å². The van der Waals surface area contributed by atoms with Crippen LogP contribution >= 0.6 is 23.2 Å².